The molecule has 4 aliphatic carbocycles. The van der Waals surface area contributed by atoms with Crippen LogP contribution in [-0.4, -0.2) is 29.7 Å². The number of esters is 1. The molecule has 198 valence electrons. The quantitative estimate of drug-likeness (QED) is 0.289. The summed E-state index contributed by atoms with van der Waals surface area (Å²) < 4.78 is 7.02. The van der Waals surface area contributed by atoms with E-state index in [1.165, 1.54) is 24.8 Å². The largest absolute Gasteiger partial charge is 0.459 e. The average Bonchev–Trinajstić information content (AvgIpc) is 3.50. The summed E-state index contributed by atoms with van der Waals surface area (Å²) in [7, 11) is 0. The molecule has 0 aromatic heterocycles. The van der Waals surface area contributed by atoms with Gasteiger partial charge in [0.2, 0.25) is 6.10 Å². The number of halogens is 1. The number of oxime groups is 1. The van der Waals surface area contributed by atoms with Gasteiger partial charge in [-0.2, -0.15) is 0 Å². The van der Waals surface area contributed by atoms with Crippen LogP contribution >= 0.6 is 15.9 Å². The second-order valence-corrected chi connectivity index (χ2v) is 13.6. The van der Waals surface area contributed by atoms with E-state index in [2.05, 4.69) is 41.0 Å². The van der Waals surface area contributed by atoms with Crippen LogP contribution in [0.25, 0.3) is 0 Å². The van der Waals surface area contributed by atoms with E-state index in [0.29, 0.717) is 30.0 Å². The molecular weight excluding hydrogens is 530 g/mol. The second-order valence-electron chi connectivity index (χ2n) is 12.7. The van der Waals surface area contributed by atoms with E-state index in [1.807, 2.05) is 24.3 Å². The van der Waals surface area contributed by atoms with Crippen molar-refractivity contribution in [3.8, 4) is 0 Å². The van der Waals surface area contributed by atoms with E-state index < -0.39 is 6.10 Å². The van der Waals surface area contributed by atoms with Gasteiger partial charge < -0.3 is 9.57 Å². The van der Waals surface area contributed by atoms with Gasteiger partial charge in [-0.15, -0.1) is 0 Å². The van der Waals surface area contributed by atoms with Crippen molar-refractivity contribution in [3.05, 3.63) is 46.0 Å². The first-order valence-electron chi connectivity index (χ1n) is 14.1. The van der Waals surface area contributed by atoms with Crippen LogP contribution in [0.5, 0.6) is 0 Å². The molecule has 5 nitrogen and oxygen atoms in total. The summed E-state index contributed by atoms with van der Waals surface area (Å²) in [6.07, 6.45) is 10.7. The van der Waals surface area contributed by atoms with Crippen LogP contribution in [0.4, 0.5) is 0 Å². The molecule has 3 saturated carbocycles. The number of hydrogen-bond acceptors (Lipinski definition) is 5. The lowest BCUT2D eigenvalue weighted by atomic mass is 9.47. The van der Waals surface area contributed by atoms with Crippen molar-refractivity contribution in [1.29, 1.82) is 0 Å². The number of Topliss-reactive ketones (excluding diaryl/α,β-unsaturated/α-hetero) is 1. The number of fused-ring (bicyclic) bond motifs is 5. The van der Waals surface area contributed by atoms with Gasteiger partial charge in [0, 0.05) is 23.2 Å². The van der Waals surface area contributed by atoms with Gasteiger partial charge in [0.1, 0.15) is 11.9 Å². The van der Waals surface area contributed by atoms with Crippen LogP contribution in [0, 0.1) is 34.5 Å². The minimum atomic E-state index is -0.663. The fraction of sp³-hybridized carbons (Fsp3) is 0.645. The molecule has 8 atom stereocenters. The maximum absolute atomic E-state index is 13.0. The normalized spacial score (nSPS) is 40.4. The Balaban J connectivity index is 1.10. The van der Waals surface area contributed by atoms with Gasteiger partial charge in [0.05, 0.1) is 5.71 Å². The predicted molar refractivity (Wildman–Crippen MR) is 146 cm³/mol. The Morgan fingerprint density at radius 2 is 1.81 bits per heavy atom. The summed E-state index contributed by atoms with van der Waals surface area (Å²) in [6.45, 7) is 6.67. The molecule has 3 fully saturated rings. The monoisotopic (exact) mass is 567 g/mol. The van der Waals surface area contributed by atoms with E-state index in [9.17, 15) is 9.59 Å². The Labute approximate surface area is 228 Å². The van der Waals surface area contributed by atoms with Crippen molar-refractivity contribution in [2.45, 2.75) is 90.8 Å². The fourth-order valence-corrected chi connectivity index (χ4v) is 9.22. The van der Waals surface area contributed by atoms with Gasteiger partial charge in [-0.05, 0) is 98.1 Å². The van der Waals surface area contributed by atoms with Crippen molar-refractivity contribution in [1.82, 2.24) is 0 Å². The zero-order chi connectivity index (χ0) is 25.9. The number of hydrogen-bond donors (Lipinski definition) is 0. The Kier molecular flexibility index (Phi) is 6.41. The summed E-state index contributed by atoms with van der Waals surface area (Å²) in [4.78, 5) is 30.9. The molecule has 0 spiro atoms. The van der Waals surface area contributed by atoms with Gasteiger partial charge in [-0.3, -0.25) is 4.79 Å². The number of ether oxygens (including phenoxy) is 1. The molecule has 2 unspecified atom stereocenters. The minimum Gasteiger partial charge on any atom is -0.459 e. The van der Waals surface area contributed by atoms with Gasteiger partial charge in [-0.1, -0.05) is 58.7 Å². The van der Waals surface area contributed by atoms with Crippen molar-refractivity contribution >= 4 is 33.4 Å². The molecule has 0 radical (unpaired) electrons. The summed E-state index contributed by atoms with van der Waals surface area (Å²) in [6, 6.07) is 7.88. The number of allylic oxidation sites excluding steroid dienone is 1. The molecule has 0 N–H and O–H groups in total. The summed E-state index contributed by atoms with van der Waals surface area (Å²) in [5, 5.41) is 4.17. The number of benzene rings is 1. The van der Waals surface area contributed by atoms with Crippen molar-refractivity contribution in [2.75, 3.05) is 0 Å². The second kappa shape index (κ2) is 9.36. The Bertz CT molecular complexity index is 1160. The average molecular weight is 569 g/mol. The maximum atomic E-state index is 13.0. The highest BCUT2D eigenvalue weighted by Crippen LogP contribution is 2.66. The van der Waals surface area contributed by atoms with Gasteiger partial charge >= 0.3 is 5.97 Å². The molecule has 1 aromatic rings. The summed E-state index contributed by atoms with van der Waals surface area (Å²) in [5.74, 6) is 2.35. The molecule has 1 heterocycles. The molecule has 1 aromatic carbocycles. The fourth-order valence-electron chi connectivity index (χ4n) is 8.95. The molecule has 1 aliphatic heterocycles. The number of carbonyl (C=O) groups is 2. The zero-order valence-corrected chi connectivity index (χ0v) is 23.8. The van der Waals surface area contributed by atoms with Crippen LogP contribution in [0.1, 0.15) is 84.1 Å². The molecule has 0 saturated heterocycles. The first-order chi connectivity index (χ1) is 17.7. The number of carbonyl (C=O) groups excluding carboxylic acids is 2. The first-order valence-corrected chi connectivity index (χ1v) is 14.9. The van der Waals surface area contributed by atoms with E-state index in [4.69, 9.17) is 9.57 Å². The summed E-state index contributed by atoms with van der Waals surface area (Å²) in [5.41, 5.74) is 3.61. The van der Waals surface area contributed by atoms with E-state index in [-0.39, 0.29) is 28.8 Å². The lowest BCUT2D eigenvalue weighted by Gasteiger charge is -2.58. The SMILES string of the molecule is CC(=O)[C@@H]1CCC2[C@H]3CC=C4C[C@H](OC(=O)C5CC(c6ccc(Br)cc6)=NO5)CC[C@@]4(C)[C@@H]3CC[C@]21C. The third kappa shape index (κ3) is 4.22. The smallest absolute Gasteiger partial charge is 0.350 e. The molecule has 5 aliphatic rings. The highest BCUT2D eigenvalue weighted by atomic mass is 79.9. The number of nitrogens with zero attached hydrogens (tertiary/aromatic N) is 1. The van der Waals surface area contributed by atoms with Crippen LogP contribution in [0.15, 0.2) is 45.5 Å². The highest BCUT2D eigenvalue weighted by molar-refractivity contribution is 9.10. The van der Waals surface area contributed by atoms with Gasteiger partial charge in [0.15, 0.2) is 0 Å². The Hall–Kier alpha value is -1.95. The number of rotatable bonds is 4. The molecule has 6 heteroatoms. The maximum Gasteiger partial charge on any atom is 0.350 e. The minimum absolute atomic E-state index is 0.0915. The zero-order valence-electron chi connectivity index (χ0n) is 22.2. The predicted octanol–water partition coefficient (Wildman–Crippen LogP) is 7.02. The third-order valence-corrected chi connectivity index (χ3v) is 11.5. The van der Waals surface area contributed by atoms with E-state index >= 15 is 0 Å². The standard InChI is InChI=1S/C31H38BrNO4/c1-18(34)24-10-11-25-23-9-6-20-16-22(12-14-30(20,2)26(23)13-15-31(24,25)3)36-29(35)28-17-27(33-37-28)19-4-7-21(32)8-5-19/h4-8,22-26,28H,9-17H2,1-3H3/t22-,23-,24+,25?,26-,28?,30-,31+/m1/s1. The van der Waals surface area contributed by atoms with E-state index in [1.54, 1.807) is 6.92 Å². The lowest BCUT2D eigenvalue weighted by molar-refractivity contribution is -0.163. The third-order valence-electron chi connectivity index (χ3n) is 10.9. The number of ketones is 1. The van der Waals surface area contributed by atoms with Crippen molar-refractivity contribution in [2.24, 2.45) is 39.7 Å². The first kappa shape index (κ1) is 25.3. The van der Waals surface area contributed by atoms with Crippen molar-refractivity contribution in [3.63, 3.8) is 0 Å². The van der Waals surface area contributed by atoms with Crippen LogP contribution in [0.3, 0.4) is 0 Å². The molecule has 0 amide bonds. The highest BCUT2D eigenvalue weighted by Gasteiger charge is 2.59. The Morgan fingerprint density at radius 3 is 2.57 bits per heavy atom. The van der Waals surface area contributed by atoms with Crippen LogP contribution in [0.2, 0.25) is 0 Å². The summed E-state index contributed by atoms with van der Waals surface area (Å²) >= 11 is 3.45. The molecule has 37 heavy (non-hydrogen) atoms. The van der Waals surface area contributed by atoms with E-state index in [0.717, 1.165) is 47.9 Å². The van der Waals surface area contributed by atoms with Crippen molar-refractivity contribution < 1.29 is 19.2 Å². The molecular formula is C31H38BrNO4. The molecule has 0 bridgehead atoms. The Morgan fingerprint density at radius 1 is 1.03 bits per heavy atom. The lowest BCUT2D eigenvalue weighted by Crippen LogP contribution is -2.51. The molecule has 6 rings (SSSR count). The van der Waals surface area contributed by atoms with Gasteiger partial charge in [-0.25, -0.2) is 4.79 Å². The van der Waals surface area contributed by atoms with Gasteiger partial charge in [0.25, 0.3) is 0 Å². The topological polar surface area (TPSA) is 65.0 Å². The van der Waals surface area contributed by atoms with Crippen LogP contribution in [-0.2, 0) is 19.2 Å². The van der Waals surface area contributed by atoms with Crippen LogP contribution < -0.4 is 0 Å².